The van der Waals surface area contributed by atoms with Crippen LogP contribution >= 0.6 is 30.5 Å². The van der Waals surface area contributed by atoms with E-state index >= 15 is 0 Å². The van der Waals surface area contributed by atoms with Crippen molar-refractivity contribution >= 4 is 99.0 Å². The van der Waals surface area contributed by atoms with Gasteiger partial charge in [0.25, 0.3) is 20.2 Å². The van der Waals surface area contributed by atoms with Gasteiger partial charge in [-0.1, -0.05) is 170 Å². The molecule has 1 aliphatic rings. The van der Waals surface area contributed by atoms with Crippen LogP contribution in [0, 0.1) is 27.7 Å². The molecule has 2 N–H and O–H groups in total. The average Bonchev–Trinajstić information content (AvgIpc) is 2.70. The second kappa shape index (κ2) is 29.9. The number of hydrogen-bond acceptors (Lipinski definition) is 9. The molecule has 3 heterocycles. The summed E-state index contributed by atoms with van der Waals surface area (Å²) in [6.45, 7) is 16.0. The Bertz CT molecular complexity index is 4170. The number of fused-ring (bicyclic) bond motifs is 5. The van der Waals surface area contributed by atoms with E-state index in [1.807, 2.05) is 75.4 Å². The summed E-state index contributed by atoms with van der Waals surface area (Å²) < 4.78 is 124. The first-order valence-electron chi connectivity index (χ1n) is 28.3. The van der Waals surface area contributed by atoms with E-state index in [0.29, 0.717) is 0 Å². The third kappa shape index (κ3) is 21.9. The number of nitrogens with one attached hydrogen (secondary N) is 1. The fourth-order valence-corrected chi connectivity index (χ4v) is 12.8. The van der Waals surface area contributed by atoms with E-state index in [-0.39, 0.29) is 21.8 Å². The van der Waals surface area contributed by atoms with Crippen LogP contribution in [0.1, 0.15) is 78.7 Å². The van der Waals surface area contributed by atoms with Gasteiger partial charge in [0, 0.05) is 49.0 Å². The number of unbranched alkanes of at least 4 members (excludes halogenated alkanes) is 2. The van der Waals surface area contributed by atoms with Gasteiger partial charge in [-0.2, -0.15) is 26.0 Å². The minimum absolute atomic E-state index is 0.0666. The van der Waals surface area contributed by atoms with Crippen molar-refractivity contribution in [2.75, 3.05) is 19.0 Å². The van der Waals surface area contributed by atoms with Crippen molar-refractivity contribution in [2.24, 2.45) is 0 Å². The molecule has 468 valence electrons. The molecule has 0 spiro atoms. The molecule has 0 bridgehead atoms. The van der Waals surface area contributed by atoms with Gasteiger partial charge in [-0.15, -0.1) is 11.3 Å². The number of benzene rings is 8. The predicted molar refractivity (Wildman–Crippen MR) is 351 cm³/mol. The Morgan fingerprint density at radius 2 is 1.17 bits per heavy atom. The van der Waals surface area contributed by atoms with Crippen molar-refractivity contribution < 1.29 is 59.9 Å². The zero-order valence-electron chi connectivity index (χ0n) is 50.3. The molecule has 0 radical (unpaired) electrons. The third-order valence-corrected chi connectivity index (χ3v) is 17.9. The summed E-state index contributed by atoms with van der Waals surface area (Å²) in [6, 6.07) is 63.9. The number of aromatic nitrogens is 2. The second-order valence-electron chi connectivity index (χ2n) is 20.9. The molecule has 21 heteroatoms. The molecule has 1 aliphatic heterocycles. The number of thiazole rings is 2. The molecule has 0 saturated heterocycles. The van der Waals surface area contributed by atoms with Gasteiger partial charge in [-0.05, 0) is 118 Å². The molecule has 1 unspecified atom stereocenters. The molecule has 0 amide bonds. The molecule has 11 rings (SSSR count). The van der Waals surface area contributed by atoms with Crippen LogP contribution in [0.3, 0.4) is 0 Å². The molecular formula is C67H74F6N4O6PS4+. The van der Waals surface area contributed by atoms with Gasteiger partial charge in [0.15, 0.2) is 5.71 Å². The predicted octanol–water partition coefficient (Wildman–Crippen LogP) is 19.7. The average molecular weight is 1300 g/mol. The number of halogens is 6. The van der Waals surface area contributed by atoms with Crippen LogP contribution in [0.25, 0.3) is 31.2 Å². The molecule has 10 nitrogen and oxygen atoms in total. The van der Waals surface area contributed by atoms with Crippen molar-refractivity contribution in [3.63, 3.8) is 0 Å². The third-order valence-electron chi connectivity index (χ3n) is 13.7. The summed E-state index contributed by atoms with van der Waals surface area (Å²) in [4.78, 5) is 4.49. The Kier molecular flexibility index (Phi) is 23.8. The molecular weight excluding hydrogens is 1230 g/mol. The number of allylic oxidation sites excluding steroid dienone is 1. The Labute approximate surface area is 520 Å². The van der Waals surface area contributed by atoms with Gasteiger partial charge in [-0.25, -0.2) is 4.98 Å². The Hall–Kier alpha value is -7.16. The number of rotatable bonds is 14. The van der Waals surface area contributed by atoms with Crippen LogP contribution in [0.4, 0.5) is 36.6 Å². The van der Waals surface area contributed by atoms with Gasteiger partial charge in [0.2, 0.25) is 16.2 Å². The van der Waals surface area contributed by atoms with Crippen LogP contribution < -0.4 is 9.88 Å². The maximum atomic E-state index is 11.6. The van der Waals surface area contributed by atoms with E-state index in [1.165, 1.54) is 78.2 Å². The summed E-state index contributed by atoms with van der Waals surface area (Å²) >= 11 is 3.63. The summed E-state index contributed by atoms with van der Waals surface area (Å²) in [5, 5.41) is 8.62. The van der Waals surface area contributed by atoms with Gasteiger partial charge in [-0.3, -0.25) is 8.74 Å². The Balaban J connectivity index is 0.000000183. The van der Waals surface area contributed by atoms with Gasteiger partial charge < -0.3 is 5.32 Å². The molecule has 2 aromatic heterocycles. The number of anilines is 1. The van der Waals surface area contributed by atoms with E-state index in [2.05, 4.69) is 169 Å². The van der Waals surface area contributed by atoms with Crippen LogP contribution in [0.5, 0.6) is 0 Å². The standard InChI is InChI=1S/C29H26N2.C12H16NS.C11H16O3S.C8H7NS.C7H8O3S.F6P/c1-29(21-22-11-5-3-6-12-22)27(19-20-30-24-14-7-4-8-15-24)31(2)26-18-17-23-13-9-10-16-25(23)28(26)29;1-3-4-9-13-10(2)14-12-8-6-5-7-11(12)13;1-3-4-9-14-15(12,13)11-7-5-10(2)6-8-11;1-6-9-7-4-2-3-5-8(7)10-6;1-6-2-4-7(5-3-6)11(8,9)10;1-7(2,3,4,5)6/h3-20H,21H2,1-2H3;5-8H,3-4,9H2,1-2H3;5-8H,3-4,9H2,1-2H3;2-5H,1H3;2-5H,1H3,(H,8,9,10);/q;+1;;;;-1/p+1. The Morgan fingerprint density at radius 1 is 0.636 bits per heavy atom. The number of aryl methyl sites for hydroxylation is 5. The first-order chi connectivity index (χ1) is 41.4. The zero-order valence-corrected chi connectivity index (χ0v) is 54.4. The zero-order chi connectivity index (χ0) is 64.4. The van der Waals surface area contributed by atoms with Crippen molar-refractivity contribution in [3.8, 4) is 0 Å². The van der Waals surface area contributed by atoms with E-state index in [4.69, 9.17) is 8.74 Å². The van der Waals surface area contributed by atoms with Crippen LogP contribution in [-0.4, -0.2) is 50.3 Å². The summed E-state index contributed by atoms with van der Waals surface area (Å²) in [6.07, 6.45) is 9.46. The van der Waals surface area contributed by atoms with E-state index in [0.717, 1.165) is 53.1 Å². The van der Waals surface area contributed by atoms with Crippen LogP contribution in [-0.2, 0) is 42.8 Å². The molecule has 88 heavy (non-hydrogen) atoms. The SMILES string of the molecule is CCCCOS(=O)(=O)c1ccc(C)cc1.CCCC[n+]1c(C)sc2ccccc21.C[N+]1=C(/C=C/Nc2ccccc2)C(C)(Cc2ccccc2)c2c1ccc1ccccc21.Cc1ccc(S(=O)(=O)O)cc1.Cc1nc2ccccc2s1.F[P-](F)(F)(F)(F)F. The normalized spacial score (nSPS) is 14.5. The van der Waals surface area contributed by atoms with E-state index in [1.54, 1.807) is 47.7 Å². The molecule has 0 saturated carbocycles. The fraction of sp³-hybridized carbons (Fsp3) is 0.239. The summed E-state index contributed by atoms with van der Waals surface area (Å²) in [5.74, 6) is 0. The first-order valence-corrected chi connectivity index (χ1v) is 34.8. The van der Waals surface area contributed by atoms with Crippen molar-refractivity contribution in [1.82, 2.24) is 4.98 Å². The van der Waals surface area contributed by atoms with Crippen LogP contribution in [0.15, 0.2) is 216 Å². The molecule has 1 atom stereocenters. The number of hydrogen-bond donors (Lipinski definition) is 2. The monoisotopic (exact) mass is 1300 g/mol. The van der Waals surface area contributed by atoms with Crippen molar-refractivity contribution in [1.29, 1.82) is 0 Å². The molecule has 0 aliphatic carbocycles. The molecule has 10 aromatic rings. The second-order valence-corrected chi connectivity index (χ2v) is 28.4. The first kappa shape index (κ1) is 69.9. The van der Waals surface area contributed by atoms with Gasteiger partial charge in [0.1, 0.15) is 18.3 Å². The van der Waals surface area contributed by atoms with Crippen molar-refractivity contribution in [3.05, 3.63) is 239 Å². The van der Waals surface area contributed by atoms with Crippen molar-refractivity contribution in [2.45, 2.75) is 102 Å². The number of para-hydroxylation sites is 3. The van der Waals surface area contributed by atoms with Crippen LogP contribution in [0.2, 0.25) is 0 Å². The topological polar surface area (TPSA) is 130 Å². The summed E-state index contributed by atoms with van der Waals surface area (Å²) in [7, 11) is -16.0. The summed E-state index contributed by atoms with van der Waals surface area (Å²) in [5.41, 5.74) is 10.8. The molecule has 0 fully saturated rings. The maximum absolute atomic E-state index is 11.6. The minimum atomic E-state index is -10.7. The van der Waals surface area contributed by atoms with Gasteiger partial charge >= 0.3 is 33.0 Å². The quantitative estimate of drug-likeness (QED) is 0.0275. The van der Waals surface area contributed by atoms with Gasteiger partial charge in [0.05, 0.1) is 37.0 Å². The van der Waals surface area contributed by atoms with E-state index < -0.39 is 28.0 Å². The fourth-order valence-electron chi connectivity index (χ4n) is 9.51. The van der Waals surface area contributed by atoms with E-state index in [9.17, 15) is 42.0 Å². The Morgan fingerprint density at radius 3 is 1.76 bits per heavy atom. The molecule has 8 aromatic carbocycles. The number of nitrogens with zero attached hydrogens (tertiary/aromatic N) is 3.